The highest BCUT2D eigenvalue weighted by atomic mass is 16.6. The predicted molar refractivity (Wildman–Crippen MR) is 103 cm³/mol. The molecule has 5 nitrogen and oxygen atoms in total. The van der Waals surface area contributed by atoms with Crippen molar-refractivity contribution in [2.45, 2.75) is 52.1 Å². The van der Waals surface area contributed by atoms with E-state index in [2.05, 4.69) is 5.23 Å². The summed E-state index contributed by atoms with van der Waals surface area (Å²) < 4.78 is 5.41. The van der Waals surface area contributed by atoms with Crippen LogP contribution in [0.4, 0.5) is 5.69 Å². The zero-order valence-electron chi connectivity index (χ0n) is 15.4. The zero-order chi connectivity index (χ0) is 18.6. The van der Waals surface area contributed by atoms with E-state index in [4.69, 9.17) is 10.5 Å². The number of nitrogens with one attached hydrogen (secondary N) is 1. The molecule has 134 valence electrons. The van der Waals surface area contributed by atoms with Crippen LogP contribution >= 0.6 is 0 Å². The molecule has 0 radical (unpaired) electrons. The van der Waals surface area contributed by atoms with Gasteiger partial charge in [-0.05, 0) is 51.0 Å². The lowest BCUT2D eigenvalue weighted by Crippen LogP contribution is -2.43. The molecule has 4 N–H and O–H groups in total. The molecule has 0 aliphatic rings. The van der Waals surface area contributed by atoms with Crippen LogP contribution in [0, 0.1) is 0 Å². The van der Waals surface area contributed by atoms with E-state index in [0.29, 0.717) is 6.42 Å². The minimum Gasteiger partial charge on any atom is -0.460 e. The number of nitrogens with two attached hydrogens (primary N) is 1. The Labute approximate surface area is 149 Å². The number of esters is 1. The van der Waals surface area contributed by atoms with Crippen LogP contribution in [0.1, 0.15) is 32.8 Å². The Balaban J connectivity index is 2.23. The monoisotopic (exact) mass is 342 g/mol. The minimum absolute atomic E-state index is 0.181. The van der Waals surface area contributed by atoms with Gasteiger partial charge in [0.1, 0.15) is 5.60 Å². The number of carbonyl (C=O) groups is 1. The number of rotatable bonds is 6. The van der Waals surface area contributed by atoms with Crippen LogP contribution in [0.2, 0.25) is 6.82 Å². The fourth-order valence-corrected chi connectivity index (χ4v) is 2.94. The van der Waals surface area contributed by atoms with E-state index in [9.17, 15) is 9.82 Å². The maximum Gasteiger partial charge on any atom is 0.373 e. The second kappa shape index (κ2) is 7.89. The minimum atomic E-state index is -0.715. The summed E-state index contributed by atoms with van der Waals surface area (Å²) in [5.41, 5.74) is 7.33. The first-order chi connectivity index (χ1) is 11.7. The number of hydrogen-bond acceptors (Lipinski definition) is 5. The Hall–Kier alpha value is -2.05. The van der Waals surface area contributed by atoms with Crippen molar-refractivity contribution < 1.29 is 14.6 Å². The van der Waals surface area contributed by atoms with Gasteiger partial charge in [-0.3, -0.25) is 4.79 Å². The summed E-state index contributed by atoms with van der Waals surface area (Å²) in [4.78, 5) is 12.2. The summed E-state index contributed by atoms with van der Waals surface area (Å²) in [6.45, 7) is 7.17. The number of carbonyl (C=O) groups excluding carboxylic acids is 1. The molecule has 0 heterocycles. The first kappa shape index (κ1) is 19.3. The summed E-state index contributed by atoms with van der Waals surface area (Å²) in [6.07, 6.45) is 0.770. The summed E-state index contributed by atoms with van der Waals surface area (Å²) in [5, 5.41) is 14.8. The van der Waals surface area contributed by atoms with E-state index < -0.39 is 12.7 Å². The molecule has 0 saturated heterocycles. The van der Waals surface area contributed by atoms with Gasteiger partial charge in [0.2, 0.25) is 0 Å². The van der Waals surface area contributed by atoms with Crippen molar-refractivity contribution in [2.24, 2.45) is 0 Å². The maximum atomic E-state index is 12.2. The number of nitrogen functional groups attached to an aromatic ring is 1. The molecule has 2 rings (SSSR count). The number of hydrogen-bond donors (Lipinski definition) is 3. The highest BCUT2D eigenvalue weighted by Gasteiger charge is 2.23. The average molecular weight is 342 g/mol. The fourth-order valence-electron chi connectivity index (χ4n) is 2.94. The summed E-state index contributed by atoms with van der Waals surface area (Å²) in [6, 6.07) is 11.5. The molecule has 25 heavy (non-hydrogen) atoms. The van der Waals surface area contributed by atoms with Crippen LogP contribution in [0.15, 0.2) is 36.4 Å². The van der Waals surface area contributed by atoms with Crippen molar-refractivity contribution in [2.75, 3.05) is 5.73 Å². The SMILES string of the molecule is CB(O)N[C@H](CC(=O)OC(C)(C)C)Cc1ccc(N)c2ccccc12. The standard InChI is InChI=1S/C19H27BN2O3/c1-19(2,3)25-18(23)12-14(22-20(4)24)11-13-9-10-17(21)16-8-6-5-7-15(13)16/h5-10,14,22,24H,11-12,21H2,1-4H3/t14-/m0/s1. The van der Waals surface area contributed by atoms with E-state index in [1.165, 1.54) is 0 Å². The first-order valence-corrected chi connectivity index (χ1v) is 8.58. The van der Waals surface area contributed by atoms with Crippen LogP contribution in [-0.2, 0) is 16.0 Å². The molecule has 0 bridgehead atoms. The van der Waals surface area contributed by atoms with E-state index in [-0.39, 0.29) is 18.4 Å². The summed E-state index contributed by atoms with van der Waals surface area (Å²) in [7, 11) is -0.715. The van der Waals surface area contributed by atoms with Gasteiger partial charge in [0.05, 0.1) is 6.42 Å². The van der Waals surface area contributed by atoms with Crippen LogP contribution in [0.3, 0.4) is 0 Å². The van der Waals surface area contributed by atoms with Gasteiger partial charge in [-0.1, -0.05) is 30.3 Å². The van der Waals surface area contributed by atoms with Crippen LogP contribution in [0.25, 0.3) is 10.8 Å². The molecule has 0 aliphatic heterocycles. The number of fused-ring (bicyclic) bond motifs is 1. The molecular formula is C19H27BN2O3. The van der Waals surface area contributed by atoms with Crippen molar-refractivity contribution in [3.8, 4) is 0 Å². The summed E-state index contributed by atoms with van der Waals surface area (Å²) >= 11 is 0. The molecule has 0 saturated carbocycles. The Bertz CT molecular complexity index is 741. The van der Waals surface area contributed by atoms with E-state index >= 15 is 0 Å². The zero-order valence-corrected chi connectivity index (χ0v) is 15.4. The molecule has 6 heteroatoms. The molecule has 0 aliphatic carbocycles. The quantitative estimate of drug-likeness (QED) is 0.427. The van der Waals surface area contributed by atoms with Crippen LogP contribution in [0.5, 0.6) is 0 Å². The lowest BCUT2D eigenvalue weighted by atomic mass is 9.85. The number of anilines is 1. The van der Waals surface area contributed by atoms with Crippen molar-refractivity contribution in [3.05, 3.63) is 42.0 Å². The predicted octanol–water partition coefficient (Wildman–Crippen LogP) is 2.76. The van der Waals surface area contributed by atoms with Crippen molar-refractivity contribution >= 4 is 29.5 Å². The third kappa shape index (κ3) is 5.76. The highest BCUT2D eigenvalue weighted by Crippen LogP contribution is 2.26. The van der Waals surface area contributed by atoms with Crippen molar-refractivity contribution in [1.29, 1.82) is 0 Å². The molecule has 0 aromatic heterocycles. The van der Waals surface area contributed by atoms with Crippen LogP contribution < -0.4 is 11.0 Å². The third-order valence-electron chi connectivity index (χ3n) is 3.82. The molecule has 2 aromatic carbocycles. The van der Waals surface area contributed by atoms with Crippen LogP contribution in [-0.4, -0.2) is 29.7 Å². The molecule has 0 amide bonds. The van der Waals surface area contributed by atoms with Gasteiger partial charge in [0.15, 0.2) is 0 Å². The largest absolute Gasteiger partial charge is 0.460 e. The molecule has 1 atom stereocenters. The average Bonchev–Trinajstić information content (AvgIpc) is 2.47. The Morgan fingerprint density at radius 2 is 1.88 bits per heavy atom. The topological polar surface area (TPSA) is 84.6 Å². The van der Waals surface area contributed by atoms with Gasteiger partial charge in [0, 0.05) is 17.1 Å². The molecular weight excluding hydrogens is 315 g/mol. The lowest BCUT2D eigenvalue weighted by Gasteiger charge is -2.24. The van der Waals surface area contributed by atoms with E-state index in [0.717, 1.165) is 22.0 Å². The Kier molecular flexibility index (Phi) is 6.09. The first-order valence-electron chi connectivity index (χ1n) is 8.58. The summed E-state index contributed by atoms with van der Waals surface area (Å²) in [5.74, 6) is -0.287. The molecule has 0 unspecified atom stereocenters. The third-order valence-corrected chi connectivity index (χ3v) is 3.82. The molecule has 0 fully saturated rings. The van der Waals surface area contributed by atoms with Gasteiger partial charge in [-0.15, -0.1) is 0 Å². The van der Waals surface area contributed by atoms with Crippen molar-refractivity contribution in [3.63, 3.8) is 0 Å². The van der Waals surface area contributed by atoms with Gasteiger partial charge in [0.25, 0.3) is 0 Å². The highest BCUT2D eigenvalue weighted by molar-refractivity contribution is 6.45. The van der Waals surface area contributed by atoms with Gasteiger partial charge >= 0.3 is 13.0 Å². The second-order valence-electron chi connectivity index (χ2n) is 7.39. The van der Waals surface area contributed by atoms with E-state index in [1.807, 2.05) is 57.2 Å². The van der Waals surface area contributed by atoms with Gasteiger partial charge in [-0.2, -0.15) is 0 Å². The fraction of sp³-hybridized carbons (Fsp3) is 0.421. The van der Waals surface area contributed by atoms with Gasteiger partial charge < -0.3 is 20.7 Å². The normalized spacial score (nSPS) is 12.8. The maximum absolute atomic E-state index is 12.2. The second-order valence-corrected chi connectivity index (χ2v) is 7.39. The van der Waals surface area contributed by atoms with Crippen molar-refractivity contribution in [1.82, 2.24) is 5.23 Å². The van der Waals surface area contributed by atoms with E-state index in [1.54, 1.807) is 6.82 Å². The lowest BCUT2D eigenvalue weighted by molar-refractivity contribution is -0.155. The number of ether oxygens (including phenoxy) is 1. The Morgan fingerprint density at radius 1 is 1.24 bits per heavy atom. The van der Waals surface area contributed by atoms with Gasteiger partial charge in [-0.25, -0.2) is 0 Å². The molecule has 0 spiro atoms. The number of benzene rings is 2. The Morgan fingerprint density at radius 3 is 2.48 bits per heavy atom. The molecule has 2 aromatic rings. The smallest absolute Gasteiger partial charge is 0.373 e.